The Morgan fingerprint density at radius 1 is 0.903 bits per heavy atom. The van der Waals surface area contributed by atoms with Crippen LogP contribution in [0.3, 0.4) is 0 Å². The first-order valence-corrected chi connectivity index (χ1v) is 12.5. The molecule has 0 radical (unpaired) electrons. The topological polar surface area (TPSA) is 0 Å². The molecule has 2 aliphatic carbocycles. The van der Waals surface area contributed by atoms with Crippen molar-refractivity contribution in [1.29, 1.82) is 0 Å². The molecule has 2 aromatic carbocycles. The van der Waals surface area contributed by atoms with Gasteiger partial charge >= 0.3 is 0 Å². The molecule has 2 fully saturated rings. The van der Waals surface area contributed by atoms with E-state index < -0.39 is 11.6 Å². The van der Waals surface area contributed by atoms with Crippen LogP contribution in [0.25, 0.3) is 10.8 Å². The maximum Gasteiger partial charge on any atom is 0.166 e. The number of hydrogen-bond donors (Lipinski definition) is 0. The molecule has 31 heavy (non-hydrogen) atoms. The number of aryl methyl sites for hydroxylation is 1. The summed E-state index contributed by atoms with van der Waals surface area (Å²) in [5, 5.41) is 1.24. The van der Waals surface area contributed by atoms with Crippen LogP contribution in [-0.2, 0) is 6.42 Å². The molecule has 2 aliphatic rings. The van der Waals surface area contributed by atoms with E-state index in [4.69, 9.17) is 0 Å². The normalized spacial score (nSPS) is 28.3. The van der Waals surface area contributed by atoms with Crippen LogP contribution in [0.4, 0.5) is 8.78 Å². The third kappa shape index (κ3) is 4.73. The Kier molecular flexibility index (Phi) is 7.14. The fraction of sp³-hybridized carbons (Fsp3) is 0.586. The lowest BCUT2D eigenvalue weighted by Crippen LogP contribution is -2.27. The molecule has 2 saturated carbocycles. The second kappa shape index (κ2) is 9.84. The Labute approximate surface area is 187 Å². The van der Waals surface area contributed by atoms with Crippen molar-refractivity contribution >= 4 is 10.8 Å². The second-order valence-corrected chi connectivity index (χ2v) is 10.2. The average molecular weight is 425 g/mol. The standard InChI is InChI=1S/C29H38F2/c1-4-6-20-7-9-23(10-8-20)24-13-11-22(12-14-24)19(3)25-15-16-26-17-21(5-2)28(30)29(31)27(26)18-25/h4,6,15-20,22-24H,5,7-14H2,1-3H3/b6-4+. The van der Waals surface area contributed by atoms with E-state index in [1.54, 1.807) is 6.07 Å². The van der Waals surface area contributed by atoms with E-state index in [0.29, 0.717) is 29.2 Å². The molecular weight excluding hydrogens is 386 g/mol. The minimum absolute atomic E-state index is 0.393. The molecule has 1 atom stereocenters. The van der Waals surface area contributed by atoms with Gasteiger partial charge in [0.2, 0.25) is 0 Å². The molecule has 2 aromatic rings. The van der Waals surface area contributed by atoms with Crippen molar-refractivity contribution in [3.8, 4) is 0 Å². The van der Waals surface area contributed by atoms with Crippen LogP contribution in [0.15, 0.2) is 36.4 Å². The predicted octanol–water partition coefficient (Wildman–Crippen LogP) is 8.97. The van der Waals surface area contributed by atoms with E-state index in [2.05, 4.69) is 32.1 Å². The largest absolute Gasteiger partial charge is 0.203 e. The summed E-state index contributed by atoms with van der Waals surface area (Å²) >= 11 is 0. The molecule has 0 heterocycles. The third-order valence-corrected chi connectivity index (χ3v) is 8.50. The summed E-state index contributed by atoms with van der Waals surface area (Å²) in [6.07, 6.45) is 15.9. The number of hydrogen-bond acceptors (Lipinski definition) is 0. The number of fused-ring (bicyclic) bond motifs is 1. The van der Waals surface area contributed by atoms with Gasteiger partial charge in [-0.3, -0.25) is 0 Å². The van der Waals surface area contributed by atoms with Crippen LogP contribution in [-0.4, -0.2) is 0 Å². The Morgan fingerprint density at radius 2 is 1.55 bits per heavy atom. The van der Waals surface area contributed by atoms with Gasteiger partial charge in [0.25, 0.3) is 0 Å². The Bertz CT molecular complexity index is 912. The predicted molar refractivity (Wildman–Crippen MR) is 127 cm³/mol. The second-order valence-electron chi connectivity index (χ2n) is 10.2. The average Bonchev–Trinajstić information content (AvgIpc) is 2.81. The monoisotopic (exact) mass is 424 g/mol. The van der Waals surface area contributed by atoms with Crippen LogP contribution in [0.5, 0.6) is 0 Å². The molecule has 0 amide bonds. The summed E-state index contributed by atoms with van der Waals surface area (Å²) in [4.78, 5) is 0. The summed E-state index contributed by atoms with van der Waals surface area (Å²) in [6.45, 7) is 6.28. The van der Waals surface area contributed by atoms with Crippen LogP contribution in [0, 0.1) is 35.3 Å². The lowest BCUT2D eigenvalue weighted by Gasteiger charge is -2.39. The van der Waals surface area contributed by atoms with Gasteiger partial charge in [-0.25, -0.2) is 8.78 Å². The summed E-state index contributed by atoms with van der Waals surface area (Å²) < 4.78 is 29.0. The van der Waals surface area contributed by atoms with E-state index in [1.807, 2.05) is 19.1 Å². The van der Waals surface area contributed by atoms with E-state index in [-0.39, 0.29) is 0 Å². The SMILES string of the molecule is C/C=C/C1CCC(C2CCC(C(C)c3ccc4cc(CC)c(F)c(F)c4c3)CC2)CC1. The van der Waals surface area contributed by atoms with Gasteiger partial charge in [-0.1, -0.05) is 38.1 Å². The fourth-order valence-electron chi connectivity index (χ4n) is 6.41. The molecule has 0 bridgehead atoms. The third-order valence-electron chi connectivity index (χ3n) is 8.50. The maximum atomic E-state index is 14.7. The zero-order valence-corrected chi connectivity index (χ0v) is 19.5. The van der Waals surface area contributed by atoms with Gasteiger partial charge in [0.1, 0.15) is 0 Å². The number of rotatable bonds is 5. The van der Waals surface area contributed by atoms with Gasteiger partial charge in [0.15, 0.2) is 11.6 Å². The number of benzene rings is 2. The van der Waals surface area contributed by atoms with E-state index in [1.165, 1.54) is 51.4 Å². The van der Waals surface area contributed by atoms with Gasteiger partial charge in [0.05, 0.1) is 0 Å². The van der Waals surface area contributed by atoms with Crippen LogP contribution in [0.1, 0.15) is 89.2 Å². The molecule has 0 spiro atoms. The molecule has 4 rings (SSSR count). The van der Waals surface area contributed by atoms with Gasteiger partial charge in [0, 0.05) is 5.39 Å². The molecule has 1 unspecified atom stereocenters. The zero-order valence-electron chi connectivity index (χ0n) is 19.5. The van der Waals surface area contributed by atoms with Crippen molar-refractivity contribution in [1.82, 2.24) is 0 Å². The van der Waals surface area contributed by atoms with Crippen molar-refractivity contribution in [3.63, 3.8) is 0 Å². The highest BCUT2D eigenvalue weighted by atomic mass is 19.2. The zero-order chi connectivity index (χ0) is 22.0. The first kappa shape index (κ1) is 22.5. The lowest BCUT2D eigenvalue weighted by atomic mass is 9.67. The van der Waals surface area contributed by atoms with Crippen molar-refractivity contribution in [2.75, 3.05) is 0 Å². The minimum Gasteiger partial charge on any atom is -0.203 e. The smallest absolute Gasteiger partial charge is 0.166 e. The molecule has 0 N–H and O–H groups in total. The van der Waals surface area contributed by atoms with Crippen molar-refractivity contribution in [2.45, 2.75) is 84.5 Å². The summed E-state index contributed by atoms with van der Waals surface area (Å²) in [6, 6.07) is 7.83. The summed E-state index contributed by atoms with van der Waals surface area (Å²) in [5.41, 5.74) is 1.62. The van der Waals surface area contributed by atoms with E-state index >= 15 is 0 Å². The maximum absolute atomic E-state index is 14.7. The quantitative estimate of drug-likeness (QED) is 0.420. The van der Waals surface area contributed by atoms with Gasteiger partial charge in [-0.05, 0) is 123 Å². The molecule has 2 heteroatoms. The highest BCUT2D eigenvalue weighted by molar-refractivity contribution is 5.84. The van der Waals surface area contributed by atoms with Crippen molar-refractivity contribution < 1.29 is 8.78 Å². The van der Waals surface area contributed by atoms with E-state index in [9.17, 15) is 8.78 Å². The lowest BCUT2D eigenvalue weighted by molar-refractivity contribution is 0.148. The van der Waals surface area contributed by atoms with Crippen molar-refractivity contribution in [2.24, 2.45) is 23.7 Å². The van der Waals surface area contributed by atoms with Gasteiger partial charge < -0.3 is 0 Å². The fourth-order valence-corrected chi connectivity index (χ4v) is 6.41. The summed E-state index contributed by atoms with van der Waals surface area (Å²) in [5.74, 6) is 2.31. The first-order chi connectivity index (χ1) is 15.0. The summed E-state index contributed by atoms with van der Waals surface area (Å²) in [7, 11) is 0. The molecule has 0 aromatic heterocycles. The number of halogens is 2. The van der Waals surface area contributed by atoms with Crippen molar-refractivity contribution in [3.05, 3.63) is 59.2 Å². The van der Waals surface area contributed by atoms with Crippen LogP contribution in [0.2, 0.25) is 0 Å². The molecule has 0 nitrogen and oxygen atoms in total. The number of allylic oxidation sites excluding steroid dienone is 2. The Hall–Kier alpha value is -1.70. The molecular formula is C29H38F2. The highest BCUT2D eigenvalue weighted by Gasteiger charge is 2.32. The van der Waals surface area contributed by atoms with Gasteiger partial charge in [-0.2, -0.15) is 0 Å². The molecule has 168 valence electrons. The first-order valence-electron chi connectivity index (χ1n) is 12.5. The minimum atomic E-state index is -0.680. The van der Waals surface area contributed by atoms with Gasteiger partial charge in [-0.15, -0.1) is 0 Å². The molecule has 0 saturated heterocycles. The van der Waals surface area contributed by atoms with Crippen LogP contribution < -0.4 is 0 Å². The Morgan fingerprint density at radius 3 is 2.16 bits per heavy atom. The van der Waals surface area contributed by atoms with Crippen LogP contribution >= 0.6 is 0 Å². The Balaban J connectivity index is 1.40. The molecule has 0 aliphatic heterocycles. The van der Waals surface area contributed by atoms with E-state index in [0.717, 1.165) is 28.7 Å². The highest BCUT2D eigenvalue weighted by Crippen LogP contribution is 2.45.